The highest BCUT2D eigenvalue weighted by Gasteiger charge is 2.21. The molecule has 182 valence electrons. The van der Waals surface area contributed by atoms with Gasteiger partial charge < -0.3 is 19.5 Å². The van der Waals surface area contributed by atoms with Crippen LogP contribution in [0.3, 0.4) is 0 Å². The van der Waals surface area contributed by atoms with E-state index < -0.39 is 28.5 Å². The molecular formula is C25H24N2O7S. The Morgan fingerprint density at radius 3 is 2.31 bits per heavy atom. The lowest BCUT2D eigenvalue weighted by Crippen LogP contribution is -2.22. The van der Waals surface area contributed by atoms with Crippen LogP contribution >= 0.6 is 0 Å². The monoisotopic (exact) mass is 496 g/mol. The topological polar surface area (TPSA) is 120 Å². The summed E-state index contributed by atoms with van der Waals surface area (Å²) >= 11 is 0. The summed E-state index contributed by atoms with van der Waals surface area (Å²) in [5.74, 6) is -0.286. The van der Waals surface area contributed by atoms with Crippen LogP contribution in [0.1, 0.15) is 21.5 Å². The number of anilines is 2. The van der Waals surface area contributed by atoms with Crippen molar-refractivity contribution in [2.24, 2.45) is 0 Å². The molecule has 4 rings (SSSR count). The highest BCUT2D eigenvalue weighted by atomic mass is 32.2. The predicted octanol–water partition coefficient (Wildman–Crippen LogP) is 3.67. The van der Waals surface area contributed by atoms with Gasteiger partial charge in [0.25, 0.3) is 15.9 Å². The molecule has 35 heavy (non-hydrogen) atoms. The second-order valence-corrected chi connectivity index (χ2v) is 9.59. The summed E-state index contributed by atoms with van der Waals surface area (Å²) in [5, 5.41) is 2.62. The first-order valence-corrected chi connectivity index (χ1v) is 12.3. The van der Waals surface area contributed by atoms with Gasteiger partial charge in [-0.05, 0) is 55.8 Å². The van der Waals surface area contributed by atoms with Gasteiger partial charge in [0, 0.05) is 17.4 Å². The molecule has 0 atom stereocenters. The molecule has 3 aromatic rings. The molecule has 10 heteroatoms. The standard InChI is InChI=1S/C25H24N2O7S/c1-16-3-7-19(8-4-16)27-35(30,31)23-13-18(6-5-17(23)2)25(29)34-15-24(28)26-20-9-10-21-22(14-20)33-12-11-32-21/h3-10,13-14,27H,11-12,15H2,1-2H3,(H,26,28). The van der Waals surface area contributed by atoms with Gasteiger partial charge >= 0.3 is 5.97 Å². The lowest BCUT2D eigenvalue weighted by atomic mass is 10.1. The average molecular weight is 497 g/mol. The molecule has 0 aliphatic carbocycles. The molecule has 1 aliphatic heterocycles. The second-order valence-electron chi connectivity index (χ2n) is 7.93. The van der Waals surface area contributed by atoms with Gasteiger partial charge in [0.05, 0.1) is 10.5 Å². The molecule has 0 bridgehead atoms. The van der Waals surface area contributed by atoms with Crippen molar-refractivity contribution in [2.45, 2.75) is 18.7 Å². The van der Waals surface area contributed by atoms with E-state index in [2.05, 4.69) is 10.0 Å². The number of hydrogen-bond donors (Lipinski definition) is 2. The number of benzene rings is 3. The predicted molar refractivity (Wildman–Crippen MR) is 130 cm³/mol. The van der Waals surface area contributed by atoms with Gasteiger partial charge in [-0.1, -0.05) is 23.8 Å². The Morgan fingerprint density at radius 2 is 1.57 bits per heavy atom. The van der Waals surface area contributed by atoms with E-state index >= 15 is 0 Å². The minimum atomic E-state index is -3.95. The Kier molecular flexibility index (Phi) is 6.92. The zero-order valence-electron chi connectivity index (χ0n) is 19.2. The van der Waals surface area contributed by atoms with E-state index in [1.54, 1.807) is 49.4 Å². The van der Waals surface area contributed by atoms with Crippen LogP contribution in [0.2, 0.25) is 0 Å². The molecular weight excluding hydrogens is 472 g/mol. The largest absolute Gasteiger partial charge is 0.486 e. The first-order valence-electron chi connectivity index (χ1n) is 10.8. The number of sulfonamides is 1. The molecule has 0 fully saturated rings. The number of amides is 1. The molecule has 9 nitrogen and oxygen atoms in total. The average Bonchev–Trinajstić information content (AvgIpc) is 2.84. The van der Waals surface area contributed by atoms with Crippen LogP contribution in [0.25, 0.3) is 0 Å². The quantitative estimate of drug-likeness (QED) is 0.479. The van der Waals surface area contributed by atoms with E-state index in [-0.39, 0.29) is 10.5 Å². The summed E-state index contributed by atoms with van der Waals surface area (Å²) in [6.07, 6.45) is 0. The van der Waals surface area contributed by atoms with Crippen molar-refractivity contribution in [1.82, 2.24) is 0 Å². The van der Waals surface area contributed by atoms with Crippen LogP contribution < -0.4 is 19.5 Å². The maximum absolute atomic E-state index is 12.9. The number of ether oxygens (including phenoxy) is 3. The van der Waals surface area contributed by atoms with Gasteiger partial charge in [0.1, 0.15) is 13.2 Å². The number of nitrogens with one attached hydrogen (secondary N) is 2. The fourth-order valence-corrected chi connectivity index (χ4v) is 4.71. The second kappa shape index (κ2) is 10.1. The van der Waals surface area contributed by atoms with Crippen molar-refractivity contribution in [3.8, 4) is 11.5 Å². The van der Waals surface area contributed by atoms with Crippen molar-refractivity contribution >= 4 is 33.3 Å². The minimum Gasteiger partial charge on any atom is -0.486 e. The number of carbonyl (C=O) groups is 2. The van der Waals surface area contributed by atoms with E-state index in [1.165, 1.54) is 18.2 Å². The summed E-state index contributed by atoms with van der Waals surface area (Å²) in [4.78, 5) is 24.7. The summed E-state index contributed by atoms with van der Waals surface area (Å²) in [6.45, 7) is 3.84. The summed E-state index contributed by atoms with van der Waals surface area (Å²) in [6, 6.07) is 16.0. The number of rotatable bonds is 7. The van der Waals surface area contributed by atoms with Crippen LogP contribution in [-0.4, -0.2) is 40.1 Å². The van der Waals surface area contributed by atoms with E-state index in [0.29, 0.717) is 41.7 Å². The summed E-state index contributed by atoms with van der Waals surface area (Å²) in [7, 11) is -3.95. The van der Waals surface area contributed by atoms with Gasteiger partial charge in [-0.15, -0.1) is 0 Å². The smallest absolute Gasteiger partial charge is 0.338 e. The lowest BCUT2D eigenvalue weighted by Gasteiger charge is -2.19. The SMILES string of the molecule is Cc1ccc(NS(=O)(=O)c2cc(C(=O)OCC(=O)Nc3ccc4c(c3)OCCO4)ccc2C)cc1. The molecule has 0 saturated heterocycles. The number of esters is 1. The molecule has 3 aromatic carbocycles. The number of aryl methyl sites for hydroxylation is 2. The normalized spacial score (nSPS) is 12.5. The highest BCUT2D eigenvalue weighted by molar-refractivity contribution is 7.92. The van der Waals surface area contributed by atoms with Gasteiger partial charge in [0.15, 0.2) is 18.1 Å². The molecule has 1 heterocycles. The Balaban J connectivity index is 1.40. The Labute approximate surface area is 203 Å². The van der Waals surface area contributed by atoms with Gasteiger partial charge in [-0.2, -0.15) is 0 Å². The first-order chi connectivity index (χ1) is 16.7. The molecule has 0 saturated carbocycles. The van der Waals surface area contributed by atoms with Gasteiger partial charge in [-0.3, -0.25) is 9.52 Å². The third-order valence-corrected chi connectivity index (χ3v) is 6.70. The molecule has 2 N–H and O–H groups in total. The molecule has 0 aromatic heterocycles. The van der Waals surface area contributed by atoms with Crippen LogP contribution in [-0.2, 0) is 19.6 Å². The third-order valence-electron chi connectivity index (χ3n) is 5.18. The zero-order valence-corrected chi connectivity index (χ0v) is 20.0. The molecule has 0 unspecified atom stereocenters. The maximum atomic E-state index is 12.9. The Bertz CT molecular complexity index is 1370. The Morgan fingerprint density at radius 1 is 0.886 bits per heavy atom. The third kappa shape index (κ3) is 5.90. The van der Waals surface area contributed by atoms with Gasteiger partial charge in [-0.25, -0.2) is 13.2 Å². The number of hydrogen-bond acceptors (Lipinski definition) is 7. The Hall–Kier alpha value is -4.05. The van der Waals surface area contributed by atoms with Crippen molar-refractivity contribution in [3.63, 3.8) is 0 Å². The fourth-order valence-electron chi connectivity index (χ4n) is 3.38. The zero-order chi connectivity index (χ0) is 25.0. The number of fused-ring (bicyclic) bond motifs is 1. The molecule has 1 aliphatic rings. The van der Waals surface area contributed by atoms with Crippen LogP contribution in [0.15, 0.2) is 65.6 Å². The minimum absolute atomic E-state index is 0.00649. The fraction of sp³-hybridized carbons (Fsp3) is 0.200. The van der Waals surface area contributed by atoms with E-state index in [1.807, 2.05) is 6.92 Å². The van der Waals surface area contributed by atoms with Crippen molar-refractivity contribution in [3.05, 3.63) is 77.4 Å². The van der Waals surface area contributed by atoms with Crippen LogP contribution in [0, 0.1) is 13.8 Å². The van der Waals surface area contributed by atoms with E-state index in [9.17, 15) is 18.0 Å². The van der Waals surface area contributed by atoms with Crippen molar-refractivity contribution in [2.75, 3.05) is 29.9 Å². The molecule has 0 radical (unpaired) electrons. The van der Waals surface area contributed by atoms with Gasteiger partial charge in [0.2, 0.25) is 0 Å². The van der Waals surface area contributed by atoms with E-state index in [4.69, 9.17) is 14.2 Å². The van der Waals surface area contributed by atoms with Crippen molar-refractivity contribution in [1.29, 1.82) is 0 Å². The summed E-state index contributed by atoms with van der Waals surface area (Å²) < 4.78 is 44.3. The molecule has 1 amide bonds. The van der Waals surface area contributed by atoms with Crippen LogP contribution in [0.4, 0.5) is 11.4 Å². The highest BCUT2D eigenvalue weighted by Crippen LogP contribution is 2.32. The maximum Gasteiger partial charge on any atom is 0.338 e. The van der Waals surface area contributed by atoms with Crippen LogP contribution in [0.5, 0.6) is 11.5 Å². The number of carbonyl (C=O) groups excluding carboxylic acids is 2. The van der Waals surface area contributed by atoms with E-state index in [0.717, 1.165) is 5.56 Å². The lowest BCUT2D eigenvalue weighted by molar-refractivity contribution is -0.119. The first kappa shape index (κ1) is 24.1. The summed E-state index contributed by atoms with van der Waals surface area (Å²) in [5.41, 5.74) is 2.32. The molecule has 0 spiro atoms. The van der Waals surface area contributed by atoms with Crippen molar-refractivity contribution < 1.29 is 32.2 Å².